The van der Waals surface area contributed by atoms with Gasteiger partial charge in [0.2, 0.25) is 0 Å². The minimum absolute atomic E-state index is 0.243. The van der Waals surface area contributed by atoms with Gasteiger partial charge in [0.25, 0.3) is 0 Å². The lowest BCUT2D eigenvalue weighted by atomic mass is 10.0. The highest BCUT2D eigenvalue weighted by Gasteiger charge is 2.19. The van der Waals surface area contributed by atoms with Gasteiger partial charge in [0.15, 0.2) is 0 Å². The van der Waals surface area contributed by atoms with Crippen LogP contribution in [0.1, 0.15) is 47.7 Å². The standard InChI is InChI=1S/C15H17FO2.C9H10O2/c16-15-4-2-1-3-12(15)10-14(18)8-6-11-5-7-13(17)9-11;1-2-7-3-5-8(6-4-7)9(10)11/h1-4,6,8,11,14,18H,5,7,9-10H2;3-6H,2H2,1H3,(H,10,11)/b8-6+;/t11-,14?;/m1./s1. The Bertz CT molecular complexity index is 842. The van der Waals surface area contributed by atoms with E-state index in [1.165, 1.54) is 6.07 Å². The molecule has 3 rings (SSSR count). The maximum atomic E-state index is 13.4. The summed E-state index contributed by atoms with van der Waals surface area (Å²) in [6.45, 7) is 2.04. The van der Waals surface area contributed by atoms with Crippen LogP contribution in [0.2, 0.25) is 0 Å². The summed E-state index contributed by atoms with van der Waals surface area (Å²) in [6.07, 6.45) is 6.15. The number of carboxylic acids is 1. The topological polar surface area (TPSA) is 74.6 Å². The second-order valence-electron chi connectivity index (χ2n) is 7.14. The van der Waals surface area contributed by atoms with E-state index in [4.69, 9.17) is 5.11 Å². The van der Waals surface area contributed by atoms with Crippen LogP contribution in [0.5, 0.6) is 0 Å². The maximum absolute atomic E-state index is 13.4. The molecule has 0 spiro atoms. The summed E-state index contributed by atoms with van der Waals surface area (Å²) >= 11 is 0. The zero-order valence-electron chi connectivity index (χ0n) is 16.6. The van der Waals surface area contributed by atoms with Crippen LogP contribution in [0.25, 0.3) is 0 Å². The summed E-state index contributed by atoms with van der Waals surface area (Å²) in [5.41, 5.74) is 2.02. The Balaban J connectivity index is 0.000000234. The summed E-state index contributed by atoms with van der Waals surface area (Å²) in [5, 5.41) is 18.4. The number of hydrogen-bond acceptors (Lipinski definition) is 3. The third-order valence-electron chi connectivity index (χ3n) is 4.89. The maximum Gasteiger partial charge on any atom is 0.335 e. The van der Waals surface area contributed by atoms with Gasteiger partial charge in [-0.15, -0.1) is 0 Å². The van der Waals surface area contributed by atoms with E-state index in [1.54, 1.807) is 36.4 Å². The molecular formula is C24H27FO4. The Morgan fingerprint density at radius 3 is 2.45 bits per heavy atom. The summed E-state index contributed by atoms with van der Waals surface area (Å²) in [4.78, 5) is 21.5. The van der Waals surface area contributed by atoms with Crippen molar-refractivity contribution in [3.05, 3.63) is 83.2 Å². The molecule has 29 heavy (non-hydrogen) atoms. The third kappa shape index (κ3) is 7.62. The Kier molecular flexibility index (Phi) is 8.74. The van der Waals surface area contributed by atoms with Gasteiger partial charge in [-0.05, 0) is 48.1 Å². The second kappa shape index (κ2) is 11.3. The molecule has 2 atom stereocenters. The number of carbonyl (C=O) groups excluding carboxylic acids is 1. The fraction of sp³-hybridized carbons (Fsp3) is 0.333. The highest BCUT2D eigenvalue weighted by atomic mass is 19.1. The molecule has 2 aromatic rings. The Hall–Kier alpha value is -2.79. The number of rotatable bonds is 6. The van der Waals surface area contributed by atoms with Crippen molar-refractivity contribution in [2.24, 2.45) is 5.92 Å². The van der Waals surface area contributed by atoms with E-state index in [-0.39, 0.29) is 23.9 Å². The van der Waals surface area contributed by atoms with Crippen molar-refractivity contribution in [1.29, 1.82) is 0 Å². The van der Waals surface area contributed by atoms with Crippen molar-refractivity contribution in [3.8, 4) is 0 Å². The van der Waals surface area contributed by atoms with Crippen molar-refractivity contribution in [2.45, 2.75) is 45.1 Å². The van der Waals surface area contributed by atoms with E-state index in [2.05, 4.69) is 0 Å². The third-order valence-corrected chi connectivity index (χ3v) is 4.89. The SMILES string of the molecule is CCc1ccc(C(=O)O)cc1.O=C1CC[C@H](/C=C/C(O)Cc2ccccc2F)C1. The van der Waals surface area contributed by atoms with Gasteiger partial charge in [-0.3, -0.25) is 4.79 Å². The number of ketones is 1. The number of Topliss-reactive ketones (excluding diaryl/α,β-unsaturated/α-hetero) is 1. The van der Waals surface area contributed by atoms with E-state index < -0.39 is 12.1 Å². The van der Waals surface area contributed by atoms with Gasteiger partial charge in [-0.1, -0.05) is 49.4 Å². The largest absolute Gasteiger partial charge is 0.478 e. The Morgan fingerprint density at radius 1 is 1.21 bits per heavy atom. The average molecular weight is 398 g/mol. The van der Waals surface area contributed by atoms with Crippen molar-refractivity contribution in [1.82, 2.24) is 0 Å². The van der Waals surface area contributed by atoms with Gasteiger partial charge in [0.1, 0.15) is 11.6 Å². The summed E-state index contributed by atoms with van der Waals surface area (Å²) in [5.74, 6) is -0.630. The number of carboxylic acid groups (broad SMARTS) is 1. The molecule has 1 fully saturated rings. The van der Waals surface area contributed by atoms with Crippen LogP contribution >= 0.6 is 0 Å². The Morgan fingerprint density at radius 2 is 1.90 bits per heavy atom. The first kappa shape index (κ1) is 22.5. The lowest BCUT2D eigenvalue weighted by Crippen LogP contribution is -2.08. The van der Waals surface area contributed by atoms with Crippen molar-refractivity contribution in [3.63, 3.8) is 0 Å². The molecule has 1 unspecified atom stereocenters. The molecule has 154 valence electrons. The monoisotopic (exact) mass is 398 g/mol. The van der Waals surface area contributed by atoms with Gasteiger partial charge in [-0.2, -0.15) is 0 Å². The van der Waals surface area contributed by atoms with Crippen LogP contribution in [-0.2, 0) is 17.6 Å². The number of aliphatic hydroxyl groups excluding tert-OH is 1. The molecule has 2 aromatic carbocycles. The molecule has 1 saturated carbocycles. The summed E-state index contributed by atoms with van der Waals surface area (Å²) in [6, 6.07) is 13.4. The number of carbonyl (C=O) groups is 2. The fourth-order valence-corrected chi connectivity index (χ4v) is 3.13. The molecule has 2 N–H and O–H groups in total. The number of aromatic carboxylic acids is 1. The van der Waals surface area contributed by atoms with E-state index in [0.717, 1.165) is 18.4 Å². The first-order valence-corrected chi connectivity index (χ1v) is 9.82. The summed E-state index contributed by atoms with van der Waals surface area (Å²) in [7, 11) is 0. The van der Waals surface area contributed by atoms with Gasteiger partial charge >= 0.3 is 5.97 Å². The van der Waals surface area contributed by atoms with Gasteiger partial charge in [0, 0.05) is 19.3 Å². The number of halogens is 1. The normalized spacial score (nSPS) is 17.1. The first-order chi connectivity index (χ1) is 13.9. The number of aliphatic hydroxyl groups is 1. The zero-order valence-corrected chi connectivity index (χ0v) is 16.6. The van der Waals surface area contributed by atoms with E-state index >= 15 is 0 Å². The fourth-order valence-electron chi connectivity index (χ4n) is 3.13. The van der Waals surface area contributed by atoms with Crippen LogP contribution < -0.4 is 0 Å². The van der Waals surface area contributed by atoms with Crippen LogP contribution in [0.3, 0.4) is 0 Å². The molecule has 0 saturated heterocycles. The highest BCUT2D eigenvalue weighted by Crippen LogP contribution is 2.23. The van der Waals surface area contributed by atoms with Crippen LogP contribution in [0.4, 0.5) is 4.39 Å². The molecule has 0 bridgehead atoms. The number of benzene rings is 2. The minimum Gasteiger partial charge on any atom is -0.478 e. The van der Waals surface area contributed by atoms with Gasteiger partial charge in [0.05, 0.1) is 11.7 Å². The number of hydrogen-bond donors (Lipinski definition) is 2. The van der Waals surface area contributed by atoms with E-state index in [9.17, 15) is 19.1 Å². The van der Waals surface area contributed by atoms with Gasteiger partial charge < -0.3 is 10.2 Å². The molecule has 0 radical (unpaired) electrons. The Labute approximate surface area is 170 Å². The van der Waals surface area contributed by atoms with Gasteiger partial charge in [-0.25, -0.2) is 9.18 Å². The van der Waals surface area contributed by atoms with E-state index in [1.807, 2.05) is 25.1 Å². The minimum atomic E-state index is -0.868. The molecule has 5 heteroatoms. The van der Waals surface area contributed by atoms with Crippen molar-refractivity contribution >= 4 is 11.8 Å². The molecule has 0 aromatic heterocycles. The lowest BCUT2D eigenvalue weighted by Gasteiger charge is -2.08. The van der Waals surface area contributed by atoms with Crippen LogP contribution in [-0.4, -0.2) is 28.1 Å². The summed E-state index contributed by atoms with van der Waals surface area (Å²) < 4.78 is 13.4. The molecule has 0 heterocycles. The van der Waals surface area contributed by atoms with E-state index in [0.29, 0.717) is 24.0 Å². The average Bonchev–Trinajstić information content (AvgIpc) is 3.14. The second-order valence-corrected chi connectivity index (χ2v) is 7.14. The molecule has 1 aliphatic rings. The molecule has 1 aliphatic carbocycles. The first-order valence-electron chi connectivity index (χ1n) is 9.82. The highest BCUT2D eigenvalue weighted by molar-refractivity contribution is 5.87. The van der Waals surface area contributed by atoms with Crippen LogP contribution in [0, 0.1) is 11.7 Å². The zero-order chi connectivity index (χ0) is 21.2. The van der Waals surface area contributed by atoms with Crippen molar-refractivity contribution < 1.29 is 24.2 Å². The predicted octanol–water partition coefficient (Wildman–Crippen LogP) is 4.60. The number of allylic oxidation sites excluding steroid dienone is 1. The predicted molar refractivity (Wildman–Crippen MR) is 110 cm³/mol. The van der Waals surface area contributed by atoms with Crippen LogP contribution in [0.15, 0.2) is 60.7 Å². The van der Waals surface area contributed by atoms with Crippen molar-refractivity contribution in [2.75, 3.05) is 0 Å². The number of aryl methyl sites for hydroxylation is 1. The molecular weight excluding hydrogens is 371 g/mol. The smallest absolute Gasteiger partial charge is 0.335 e. The lowest BCUT2D eigenvalue weighted by molar-refractivity contribution is -0.117. The molecule has 0 aliphatic heterocycles. The molecule has 4 nitrogen and oxygen atoms in total. The quantitative estimate of drug-likeness (QED) is 0.698. The molecule has 0 amide bonds.